The lowest BCUT2D eigenvalue weighted by Gasteiger charge is -2.11. The highest BCUT2D eigenvalue weighted by Crippen LogP contribution is 2.17. The van der Waals surface area contributed by atoms with E-state index in [1.54, 1.807) is 6.92 Å². The van der Waals surface area contributed by atoms with Crippen molar-refractivity contribution < 1.29 is 14.5 Å². The summed E-state index contributed by atoms with van der Waals surface area (Å²) in [5, 5.41) is 14.3. The molecule has 0 spiro atoms. The molecule has 0 amide bonds. The van der Waals surface area contributed by atoms with Crippen LogP contribution in [0.1, 0.15) is 32.7 Å². The molecule has 0 aliphatic rings. The van der Waals surface area contributed by atoms with Gasteiger partial charge < -0.3 is 14.9 Å². The van der Waals surface area contributed by atoms with Crippen LogP contribution in [0.5, 0.6) is 0 Å². The van der Waals surface area contributed by atoms with Crippen molar-refractivity contribution in [2.45, 2.75) is 32.7 Å². The highest BCUT2D eigenvalue weighted by molar-refractivity contribution is 5.74. The number of carbonyl (C=O) groups is 1. The lowest BCUT2D eigenvalue weighted by molar-refractivity contribution is -0.389. The number of esters is 1. The number of ether oxygens (including phenoxy) is 1. The number of aromatic nitrogens is 2. The maximum atomic E-state index is 11.7. The van der Waals surface area contributed by atoms with Gasteiger partial charge >= 0.3 is 11.8 Å². The summed E-state index contributed by atoms with van der Waals surface area (Å²) >= 11 is 0. The van der Waals surface area contributed by atoms with Crippen LogP contribution in [0.15, 0.2) is 12.3 Å². The third-order valence-corrected chi connectivity index (χ3v) is 2.22. The van der Waals surface area contributed by atoms with Crippen LogP contribution in [-0.2, 0) is 9.53 Å². The Labute approximate surface area is 98.5 Å². The van der Waals surface area contributed by atoms with E-state index in [-0.39, 0.29) is 12.4 Å². The monoisotopic (exact) mass is 241 g/mol. The number of nitro groups is 1. The van der Waals surface area contributed by atoms with Crippen molar-refractivity contribution >= 4 is 11.8 Å². The van der Waals surface area contributed by atoms with Gasteiger partial charge in [-0.15, -0.1) is 0 Å². The lowest BCUT2D eigenvalue weighted by atomic mass is 10.2. The molecule has 0 bridgehead atoms. The van der Waals surface area contributed by atoms with E-state index in [0.29, 0.717) is 6.42 Å². The minimum absolute atomic E-state index is 0.268. The number of carbonyl (C=O) groups excluding carboxylic acids is 1. The molecular formula is C10H15N3O4. The van der Waals surface area contributed by atoms with Crippen LogP contribution in [0.25, 0.3) is 0 Å². The summed E-state index contributed by atoms with van der Waals surface area (Å²) in [6.45, 7) is 3.92. The Bertz CT molecular complexity index is 402. The molecule has 94 valence electrons. The summed E-state index contributed by atoms with van der Waals surface area (Å²) in [5.74, 6) is -0.678. The highest BCUT2D eigenvalue weighted by Gasteiger charge is 2.26. The molecule has 7 heteroatoms. The summed E-state index contributed by atoms with van der Waals surface area (Å²) in [7, 11) is 0. The third kappa shape index (κ3) is 3.27. The maximum Gasteiger partial charge on any atom is 0.389 e. The first-order valence-corrected chi connectivity index (χ1v) is 5.46. The van der Waals surface area contributed by atoms with E-state index >= 15 is 0 Å². The molecule has 1 rings (SSSR count). The van der Waals surface area contributed by atoms with E-state index in [0.717, 1.165) is 6.42 Å². The molecule has 0 N–H and O–H groups in total. The molecule has 0 saturated carbocycles. The van der Waals surface area contributed by atoms with Gasteiger partial charge in [0.25, 0.3) is 0 Å². The molecule has 7 nitrogen and oxygen atoms in total. The second-order valence-corrected chi connectivity index (χ2v) is 3.47. The van der Waals surface area contributed by atoms with Crippen molar-refractivity contribution in [3.8, 4) is 0 Å². The van der Waals surface area contributed by atoms with Crippen LogP contribution in [0.4, 0.5) is 5.82 Å². The molecule has 1 unspecified atom stereocenters. The molecule has 1 atom stereocenters. The van der Waals surface area contributed by atoms with Crippen LogP contribution in [0, 0.1) is 10.1 Å². The quantitative estimate of drug-likeness (QED) is 0.429. The summed E-state index contributed by atoms with van der Waals surface area (Å²) in [6.07, 6.45) is 2.73. The molecular weight excluding hydrogens is 226 g/mol. The fraction of sp³-hybridized carbons (Fsp3) is 0.600. The molecule has 0 radical (unpaired) electrons. The van der Waals surface area contributed by atoms with E-state index in [2.05, 4.69) is 5.10 Å². The second-order valence-electron chi connectivity index (χ2n) is 3.47. The fourth-order valence-electron chi connectivity index (χ4n) is 1.47. The molecule has 1 heterocycles. The van der Waals surface area contributed by atoms with Gasteiger partial charge in [-0.05, 0) is 18.3 Å². The average Bonchev–Trinajstić information content (AvgIpc) is 2.75. The van der Waals surface area contributed by atoms with Crippen LogP contribution < -0.4 is 0 Å². The SMILES string of the molecule is CCCC(C(=O)OCC)n1ccc([N+](=O)[O-])n1. The minimum Gasteiger partial charge on any atom is -0.464 e. The van der Waals surface area contributed by atoms with Crippen molar-refractivity contribution in [3.05, 3.63) is 22.4 Å². The van der Waals surface area contributed by atoms with E-state index in [4.69, 9.17) is 4.74 Å². The molecule has 0 fully saturated rings. The van der Waals surface area contributed by atoms with Gasteiger partial charge in [0.15, 0.2) is 6.04 Å². The number of nitrogens with zero attached hydrogens (tertiary/aromatic N) is 3. The number of hydrogen-bond acceptors (Lipinski definition) is 5. The normalized spacial score (nSPS) is 12.1. The summed E-state index contributed by atoms with van der Waals surface area (Å²) in [6, 6.07) is 0.677. The number of hydrogen-bond donors (Lipinski definition) is 0. The van der Waals surface area contributed by atoms with Gasteiger partial charge in [0, 0.05) is 0 Å². The standard InChI is InChI=1S/C10H15N3O4/c1-3-5-8(10(14)17-4-2)12-7-6-9(11-12)13(15)16/h6-8H,3-5H2,1-2H3. The highest BCUT2D eigenvalue weighted by atomic mass is 16.6. The molecule has 0 aliphatic carbocycles. The Balaban J connectivity index is 2.88. The van der Waals surface area contributed by atoms with Gasteiger partial charge in [0.05, 0.1) is 24.0 Å². The van der Waals surface area contributed by atoms with Crippen molar-refractivity contribution in [1.82, 2.24) is 9.78 Å². The van der Waals surface area contributed by atoms with Gasteiger partial charge in [-0.1, -0.05) is 13.3 Å². The average molecular weight is 241 g/mol. The van der Waals surface area contributed by atoms with E-state index < -0.39 is 16.9 Å². The Kier molecular flexibility index (Phi) is 4.62. The van der Waals surface area contributed by atoms with Crippen LogP contribution in [0.3, 0.4) is 0 Å². The zero-order valence-corrected chi connectivity index (χ0v) is 9.83. The fourth-order valence-corrected chi connectivity index (χ4v) is 1.47. The minimum atomic E-state index is -0.593. The predicted molar refractivity (Wildman–Crippen MR) is 59.5 cm³/mol. The first-order valence-electron chi connectivity index (χ1n) is 5.46. The van der Waals surface area contributed by atoms with Crippen LogP contribution >= 0.6 is 0 Å². The Morgan fingerprint density at radius 2 is 2.35 bits per heavy atom. The van der Waals surface area contributed by atoms with Gasteiger partial charge in [-0.2, -0.15) is 4.68 Å². The van der Waals surface area contributed by atoms with Crippen molar-refractivity contribution in [1.29, 1.82) is 0 Å². The van der Waals surface area contributed by atoms with Gasteiger partial charge in [0.1, 0.15) is 0 Å². The van der Waals surface area contributed by atoms with E-state index in [1.807, 2.05) is 6.92 Å². The second kappa shape index (κ2) is 5.97. The third-order valence-electron chi connectivity index (χ3n) is 2.22. The topological polar surface area (TPSA) is 87.3 Å². The van der Waals surface area contributed by atoms with E-state index in [9.17, 15) is 14.9 Å². The smallest absolute Gasteiger partial charge is 0.389 e. The molecule has 17 heavy (non-hydrogen) atoms. The Morgan fingerprint density at radius 3 is 2.82 bits per heavy atom. The zero-order valence-electron chi connectivity index (χ0n) is 9.83. The molecule has 1 aromatic heterocycles. The molecule has 0 saturated heterocycles. The van der Waals surface area contributed by atoms with Crippen LogP contribution in [-0.4, -0.2) is 27.3 Å². The van der Waals surface area contributed by atoms with Crippen molar-refractivity contribution in [2.75, 3.05) is 6.61 Å². The summed E-state index contributed by atoms with van der Waals surface area (Å²) in [4.78, 5) is 21.6. The molecule has 0 aliphatic heterocycles. The first kappa shape index (κ1) is 13.1. The van der Waals surface area contributed by atoms with Gasteiger partial charge in [-0.25, -0.2) is 4.79 Å². The lowest BCUT2D eigenvalue weighted by Crippen LogP contribution is -2.22. The Morgan fingerprint density at radius 1 is 1.65 bits per heavy atom. The van der Waals surface area contributed by atoms with Crippen LogP contribution in [0.2, 0.25) is 0 Å². The first-order chi connectivity index (χ1) is 8.10. The van der Waals surface area contributed by atoms with E-state index in [1.165, 1.54) is 16.9 Å². The molecule has 0 aromatic carbocycles. The number of rotatable bonds is 6. The van der Waals surface area contributed by atoms with Crippen molar-refractivity contribution in [2.24, 2.45) is 0 Å². The zero-order chi connectivity index (χ0) is 12.8. The maximum absolute atomic E-state index is 11.7. The van der Waals surface area contributed by atoms with Crippen molar-refractivity contribution in [3.63, 3.8) is 0 Å². The van der Waals surface area contributed by atoms with Gasteiger partial charge in [-0.3, -0.25) is 0 Å². The summed E-state index contributed by atoms with van der Waals surface area (Å²) < 4.78 is 6.20. The van der Waals surface area contributed by atoms with Gasteiger partial charge in [0.2, 0.25) is 0 Å². The predicted octanol–water partition coefficient (Wildman–Crippen LogP) is 1.70. The molecule has 1 aromatic rings. The largest absolute Gasteiger partial charge is 0.464 e. The Hall–Kier alpha value is -1.92. The summed E-state index contributed by atoms with van der Waals surface area (Å²) in [5.41, 5.74) is 0.